The highest BCUT2D eigenvalue weighted by atomic mass is 16.3. The summed E-state index contributed by atoms with van der Waals surface area (Å²) < 4.78 is 0. The molecule has 1 atom stereocenters. The molecule has 16 heavy (non-hydrogen) atoms. The van der Waals surface area contributed by atoms with Gasteiger partial charge in [-0.2, -0.15) is 0 Å². The van der Waals surface area contributed by atoms with Gasteiger partial charge < -0.3 is 15.5 Å². The number of hydrogen-bond acceptors (Lipinski definition) is 5. The number of nitrogens with zero attached hydrogens (tertiary/aromatic N) is 2. The van der Waals surface area contributed by atoms with E-state index in [1.165, 1.54) is 0 Å². The van der Waals surface area contributed by atoms with Crippen LogP contribution in [0.2, 0.25) is 0 Å². The summed E-state index contributed by atoms with van der Waals surface area (Å²) in [5.41, 5.74) is 0.615. The highest BCUT2D eigenvalue weighted by Gasteiger charge is 2.10. The van der Waals surface area contributed by atoms with E-state index in [1.807, 2.05) is 13.8 Å². The lowest BCUT2D eigenvalue weighted by molar-refractivity contribution is 0.166. The SMILES string of the molecule is CC(C)c1nccc(C(O)CNCCO)n1. The number of rotatable bonds is 6. The summed E-state index contributed by atoms with van der Waals surface area (Å²) in [5, 5.41) is 21.3. The van der Waals surface area contributed by atoms with Gasteiger partial charge in [-0.05, 0) is 6.07 Å². The first-order chi connectivity index (χ1) is 7.65. The lowest BCUT2D eigenvalue weighted by atomic mass is 10.2. The van der Waals surface area contributed by atoms with Crippen molar-refractivity contribution in [1.29, 1.82) is 0 Å². The van der Waals surface area contributed by atoms with Crippen LogP contribution in [0.3, 0.4) is 0 Å². The van der Waals surface area contributed by atoms with Gasteiger partial charge in [0, 0.05) is 25.2 Å². The van der Waals surface area contributed by atoms with Crippen LogP contribution in [-0.4, -0.2) is 39.9 Å². The van der Waals surface area contributed by atoms with Crippen LogP contribution in [0, 0.1) is 0 Å². The monoisotopic (exact) mass is 225 g/mol. The van der Waals surface area contributed by atoms with E-state index < -0.39 is 6.10 Å². The summed E-state index contributed by atoms with van der Waals surface area (Å²) >= 11 is 0. The largest absolute Gasteiger partial charge is 0.395 e. The first-order valence-corrected chi connectivity index (χ1v) is 5.47. The minimum atomic E-state index is -0.660. The Balaban J connectivity index is 2.60. The van der Waals surface area contributed by atoms with Crippen LogP contribution in [0.15, 0.2) is 12.3 Å². The molecule has 0 bridgehead atoms. The molecule has 3 N–H and O–H groups in total. The molecular formula is C11H19N3O2. The number of aliphatic hydroxyl groups excluding tert-OH is 2. The van der Waals surface area contributed by atoms with Crippen molar-refractivity contribution in [3.63, 3.8) is 0 Å². The third kappa shape index (κ3) is 3.84. The average molecular weight is 225 g/mol. The summed E-state index contributed by atoms with van der Waals surface area (Å²) in [6.45, 7) is 4.94. The van der Waals surface area contributed by atoms with Gasteiger partial charge in [-0.25, -0.2) is 9.97 Å². The standard InChI is InChI=1S/C11H19N3O2/c1-8(2)11-13-4-3-9(14-11)10(16)7-12-5-6-15/h3-4,8,10,12,15-16H,5-7H2,1-2H3. The molecule has 5 nitrogen and oxygen atoms in total. The summed E-state index contributed by atoms with van der Waals surface area (Å²) in [6.07, 6.45) is 1.000. The van der Waals surface area contributed by atoms with Crippen molar-refractivity contribution in [2.75, 3.05) is 19.7 Å². The van der Waals surface area contributed by atoms with E-state index in [-0.39, 0.29) is 12.5 Å². The Labute approximate surface area is 95.6 Å². The minimum Gasteiger partial charge on any atom is -0.395 e. The summed E-state index contributed by atoms with van der Waals surface area (Å²) in [6, 6.07) is 1.71. The molecule has 0 radical (unpaired) electrons. The topological polar surface area (TPSA) is 78.3 Å². The third-order valence-corrected chi connectivity index (χ3v) is 2.18. The predicted molar refractivity (Wildman–Crippen MR) is 61.0 cm³/mol. The van der Waals surface area contributed by atoms with Crippen LogP contribution >= 0.6 is 0 Å². The van der Waals surface area contributed by atoms with E-state index in [2.05, 4.69) is 15.3 Å². The number of hydrogen-bond donors (Lipinski definition) is 3. The highest BCUT2D eigenvalue weighted by Crippen LogP contribution is 2.12. The zero-order valence-corrected chi connectivity index (χ0v) is 9.72. The van der Waals surface area contributed by atoms with Crippen LogP contribution in [0.5, 0.6) is 0 Å². The molecule has 0 amide bonds. The van der Waals surface area contributed by atoms with Crippen molar-refractivity contribution < 1.29 is 10.2 Å². The highest BCUT2D eigenvalue weighted by molar-refractivity contribution is 5.07. The Hall–Kier alpha value is -1.04. The van der Waals surface area contributed by atoms with Gasteiger partial charge in [0.25, 0.3) is 0 Å². The molecule has 1 aromatic heterocycles. The van der Waals surface area contributed by atoms with E-state index in [0.717, 1.165) is 5.82 Å². The first-order valence-electron chi connectivity index (χ1n) is 5.47. The number of nitrogens with one attached hydrogen (secondary N) is 1. The molecule has 1 unspecified atom stereocenters. The fourth-order valence-electron chi connectivity index (χ4n) is 1.27. The Morgan fingerprint density at radius 2 is 2.19 bits per heavy atom. The van der Waals surface area contributed by atoms with Gasteiger partial charge in [0.2, 0.25) is 0 Å². The summed E-state index contributed by atoms with van der Waals surface area (Å²) in [7, 11) is 0. The van der Waals surface area contributed by atoms with Gasteiger partial charge in [0.1, 0.15) is 11.9 Å². The van der Waals surface area contributed by atoms with Crippen molar-refractivity contribution in [2.24, 2.45) is 0 Å². The van der Waals surface area contributed by atoms with E-state index in [9.17, 15) is 5.11 Å². The fraction of sp³-hybridized carbons (Fsp3) is 0.636. The Morgan fingerprint density at radius 3 is 2.81 bits per heavy atom. The molecule has 0 aliphatic heterocycles. The molecule has 1 aromatic rings. The predicted octanol–water partition coefficient (Wildman–Crippen LogP) is 0.215. The van der Waals surface area contributed by atoms with E-state index >= 15 is 0 Å². The van der Waals surface area contributed by atoms with E-state index in [1.54, 1.807) is 12.3 Å². The normalized spacial score (nSPS) is 13.1. The van der Waals surface area contributed by atoms with Crippen LogP contribution in [0.25, 0.3) is 0 Å². The van der Waals surface area contributed by atoms with E-state index in [0.29, 0.717) is 18.8 Å². The smallest absolute Gasteiger partial charge is 0.131 e. The lowest BCUT2D eigenvalue weighted by Crippen LogP contribution is -2.25. The maximum atomic E-state index is 9.82. The van der Waals surface area contributed by atoms with E-state index in [4.69, 9.17) is 5.11 Å². The second-order valence-corrected chi connectivity index (χ2v) is 3.94. The summed E-state index contributed by atoms with van der Waals surface area (Å²) in [4.78, 5) is 8.42. The Kier molecular flexibility index (Phi) is 5.31. The maximum absolute atomic E-state index is 9.82. The molecular weight excluding hydrogens is 206 g/mol. The molecule has 0 saturated heterocycles. The molecule has 1 rings (SSSR count). The minimum absolute atomic E-state index is 0.0632. The quantitative estimate of drug-likeness (QED) is 0.603. The summed E-state index contributed by atoms with van der Waals surface area (Å²) in [5.74, 6) is 0.983. The number of aliphatic hydroxyl groups is 2. The third-order valence-electron chi connectivity index (χ3n) is 2.18. The molecule has 1 heterocycles. The molecule has 0 aliphatic rings. The van der Waals surface area contributed by atoms with Gasteiger partial charge in [-0.15, -0.1) is 0 Å². The van der Waals surface area contributed by atoms with Crippen molar-refractivity contribution in [1.82, 2.24) is 15.3 Å². The van der Waals surface area contributed by atoms with Crippen LogP contribution in [0.1, 0.15) is 37.4 Å². The molecule has 0 saturated carbocycles. The van der Waals surface area contributed by atoms with Gasteiger partial charge in [0.05, 0.1) is 12.3 Å². The second kappa shape index (κ2) is 6.52. The van der Waals surface area contributed by atoms with Gasteiger partial charge in [-0.3, -0.25) is 0 Å². The Bertz CT molecular complexity index is 318. The maximum Gasteiger partial charge on any atom is 0.131 e. The lowest BCUT2D eigenvalue weighted by Gasteiger charge is -2.12. The van der Waals surface area contributed by atoms with Crippen molar-refractivity contribution in [3.05, 3.63) is 23.8 Å². The van der Waals surface area contributed by atoms with Gasteiger partial charge in [-0.1, -0.05) is 13.8 Å². The van der Waals surface area contributed by atoms with Crippen LogP contribution in [0.4, 0.5) is 0 Å². The first kappa shape index (κ1) is 13.0. The van der Waals surface area contributed by atoms with Gasteiger partial charge >= 0.3 is 0 Å². The molecule has 90 valence electrons. The molecule has 0 aliphatic carbocycles. The average Bonchev–Trinajstić information content (AvgIpc) is 2.29. The second-order valence-electron chi connectivity index (χ2n) is 3.94. The number of aromatic nitrogens is 2. The zero-order chi connectivity index (χ0) is 12.0. The zero-order valence-electron chi connectivity index (χ0n) is 9.72. The van der Waals surface area contributed by atoms with Crippen molar-refractivity contribution >= 4 is 0 Å². The van der Waals surface area contributed by atoms with Crippen LogP contribution < -0.4 is 5.32 Å². The fourth-order valence-corrected chi connectivity index (χ4v) is 1.27. The molecule has 0 aromatic carbocycles. The molecule has 0 fully saturated rings. The van der Waals surface area contributed by atoms with Crippen molar-refractivity contribution in [2.45, 2.75) is 25.9 Å². The van der Waals surface area contributed by atoms with Crippen molar-refractivity contribution in [3.8, 4) is 0 Å². The molecule has 5 heteroatoms. The molecule has 0 spiro atoms. The van der Waals surface area contributed by atoms with Gasteiger partial charge in [0.15, 0.2) is 0 Å². The Morgan fingerprint density at radius 1 is 1.44 bits per heavy atom. The van der Waals surface area contributed by atoms with Crippen LogP contribution in [-0.2, 0) is 0 Å².